The van der Waals surface area contributed by atoms with Crippen LogP contribution in [0.3, 0.4) is 0 Å². The molecule has 3 aromatic rings. The highest BCUT2D eigenvalue weighted by molar-refractivity contribution is 14.1. The van der Waals surface area contributed by atoms with Gasteiger partial charge in [-0.15, -0.1) is 0 Å². The van der Waals surface area contributed by atoms with Crippen LogP contribution in [0.1, 0.15) is 22.3 Å². The lowest BCUT2D eigenvalue weighted by Gasteiger charge is -2.14. The zero-order valence-electron chi connectivity index (χ0n) is 20.8. The molecule has 3 amide bonds. The smallest absolute Gasteiger partial charge is 0.294 e. The van der Waals surface area contributed by atoms with Crippen molar-refractivity contribution in [3.63, 3.8) is 0 Å². The molecule has 0 unspecified atom stereocenters. The number of thioether (sulfide) groups is 1. The zero-order valence-corrected chi connectivity index (χ0v) is 24.6. The molecule has 0 bridgehead atoms. The fourth-order valence-corrected chi connectivity index (χ4v) is 5.12. The number of nitrogens with one attached hydrogen (secondary N) is 1. The third kappa shape index (κ3) is 6.69. The minimum absolute atomic E-state index is 0.180. The van der Waals surface area contributed by atoms with Gasteiger partial charge in [-0.3, -0.25) is 19.3 Å². The average molecular weight is 663 g/mol. The Bertz CT molecular complexity index is 1440. The Balaban J connectivity index is 1.46. The topological polar surface area (TPSA) is 84.9 Å². The Morgan fingerprint density at radius 2 is 1.82 bits per heavy atom. The molecule has 0 aromatic heterocycles. The van der Waals surface area contributed by atoms with E-state index in [4.69, 9.17) is 21.1 Å². The monoisotopic (exact) mass is 662 g/mol. The number of imide groups is 1. The lowest BCUT2D eigenvalue weighted by Crippen LogP contribution is -2.36. The third-order valence-corrected chi connectivity index (χ3v) is 7.72. The Morgan fingerprint density at radius 1 is 1.08 bits per heavy atom. The van der Waals surface area contributed by atoms with Crippen molar-refractivity contribution in [2.75, 3.05) is 19.0 Å². The molecule has 1 saturated heterocycles. The van der Waals surface area contributed by atoms with Gasteiger partial charge in [0, 0.05) is 9.26 Å². The van der Waals surface area contributed by atoms with Gasteiger partial charge in [-0.05, 0) is 113 Å². The molecule has 3 aromatic carbocycles. The van der Waals surface area contributed by atoms with E-state index in [1.165, 1.54) is 7.11 Å². The molecule has 10 heteroatoms. The number of amides is 3. The second-order valence-electron chi connectivity index (χ2n) is 8.56. The summed E-state index contributed by atoms with van der Waals surface area (Å²) in [5.41, 5.74) is 4.26. The van der Waals surface area contributed by atoms with Crippen LogP contribution in [-0.4, -0.2) is 35.6 Å². The second kappa shape index (κ2) is 12.2. The summed E-state index contributed by atoms with van der Waals surface area (Å²) >= 11 is 9.49. The average Bonchev–Trinajstić information content (AvgIpc) is 3.13. The number of halogens is 2. The number of nitrogens with zero attached hydrogens (tertiary/aromatic N) is 1. The number of anilines is 1. The molecule has 0 aliphatic carbocycles. The maximum absolute atomic E-state index is 12.9. The summed E-state index contributed by atoms with van der Waals surface area (Å²) in [4.78, 5) is 39.1. The van der Waals surface area contributed by atoms with Gasteiger partial charge in [0.05, 0.1) is 17.0 Å². The van der Waals surface area contributed by atoms with Crippen LogP contribution in [0.4, 0.5) is 10.5 Å². The number of methoxy groups -OCH3 is 1. The first kappa shape index (κ1) is 28.0. The molecule has 1 aliphatic heterocycles. The van der Waals surface area contributed by atoms with Crippen molar-refractivity contribution in [3.8, 4) is 11.5 Å². The van der Waals surface area contributed by atoms with Crippen molar-refractivity contribution in [2.24, 2.45) is 0 Å². The fourth-order valence-electron chi connectivity index (χ4n) is 3.65. The van der Waals surface area contributed by atoms with Crippen LogP contribution in [0.5, 0.6) is 11.5 Å². The van der Waals surface area contributed by atoms with Gasteiger partial charge in [-0.1, -0.05) is 29.8 Å². The first-order valence-corrected chi connectivity index (χ1v) is 13.8. The van der Waals surface area contributed by atoms with E-state index >= 15 is 0 Å². The normalized spacial score (nSPS) is 14.2. The first-order valence-electron chi connectivity index (χ1n) is 11.5. The van der Waals surface area contributed by atoms with E-state index < -0.39 is 17.1 Å². The molecular formula is C28H24ClIN2O5S. The summed E-state index contributed by atoms with van der Waals surface area (Å²) in [7, 11) is 1.50. The van der Waals surface area contributed by atoms with E-state index in [9.17, 15) is 14.4 Å². The maximum Gasteiger partial charge on any atom is 0.294 e. The number of carbonyl (C=O) groups excluding carboxylic acids is 3. The number of ether oxygens (including phenoxy) is 2. The fraction of sp³-hybridized carbons (Fsp3) is 0.179. The molecule has 1 fully saturated rings. The molecular weight excluding hydrogens is 639 g/mol. The van der Waals surface area contributed by atoms with E-state index in [1.807, 2.05) is 50.2 Å². The molecule has 4 rings (SSSR count). The quantitative estimate of drug-likeness (QED) is 0.211. The van der Waals surface area contributed by atoms with E-state index in [0.29, 0.717) is 34.4 Å². The molecule has 1 heterocycles. The number of hydrogen-bond acceptors (Lipinski definition) is 6. The van der Waals surface area contributed by atoms with Crippen LogP contribution in [0.2, 0.25) is 5.02 Å². The molecule has 38 heavy (non-hydrogen) atoms. The van der Waals surface area contributed by atoms with Gasteiger partial charge < -0.3 is 14.8 Å². The van der Waals surface area contributed by atoms with E-state index in [1.54, 1.807) is 24.3 Å². The third-order valence-electron chi connectivity index (χ3n) is 5.81. The largest absolute Gasteiger partial charge is 0.493 e. The van der Waals surface area contributed by atoms with E-state index in [0.717, 1.165) is 36.9 Å². The maximum atomic E-state index is 12.9. The number of hydrogen-bond donors (Lipinski definition) is 1. The Labute approximate surface area is 243 Å². The molecule has 0 radical (unpaired) electrons. The minimum atomic E-state index is -0.552. The Hall–Kier alpha value is -3.02. The lowest BCUT2D eigenvalue weighted by atomic mass is 10.1. The summed E-state index contributed by atoms with van der Waals surface area (Å²) in [6.45, 7) is 3.83. The van der Waals surface area contributed by atoms with Crippen molar-refractivity contribution in [2.45, 2.75) is 20.5 Å². The summed E-state index contributed by atoms with van der Waals surface area (Å²) in [6.07, 6.45) is 1.55. The van der Waals surface area contributed by atoms with Gasteiger partial charge in [-0.2, -0.15) is 0 Å². The molecule has 196 valence electrons. The summed E-state index contributed by atoms with van der Waals surface area (Å²) in [5, 5.41) is 2.51. The number of rotatable bonds is 8. The Morgan fingerprint density at radius 3 is 2.50 bits per heavy atom. The molecule has 1 N–H and O–H groups in total. The summed E-state index contributed by atoms with van der Waals surface area (Å²) in [6, 6.07) is 16.7. The number of carbonyl (C=O) groups is 3. The highest BCUT2D eigenvalue weighted by Crippen LogP contribution is 2.39. The van der Waals surface area contributed by atoms with Crippen molar-refractivity contribution in [3.05, 3.63) is 90.3 Å². The van der Waals surface area contributed by atoms with Crippen LogP contribution >= 0.6 is 46.0 Å². The van der Waals surface area contributed by atoms with Gasteiger partial charge in [-0.25, -0.2) is 0 Å². The van der Waals surface area contributed by atoms with Crippen molar-refractivity contribution < 1.29 is 23.9 Å². The summed E-state index contributed by atoms with van der Waals surface area (Å²) in [5.74, 6) is -0.247. The predicted molar refractivity (Wildman–Crippen MR) is 159 cm³/mol. The standard InChI is InChI=1S/C28H24ClIN2O5S/c1-16-4-9-21(10-17(16)2)31-25(33)14-32-27(34)24(38-28(32)35)13-19-11-22(29)26(23(12-19)36-3)37-15-18-5-7-20(30)8-6-18/h4-13H,14-15H2,1-3H3,(H,31,33)/b24-13+. The van der Waals surface area contributed by atoms with Crippen molar-refractivity contribution >= 4 is 74.8 Å². The van der Waals surface area contributed by atoms with Crippen LogP contribution < -0.4 is 14.8 Å². The zero-order chi connectivity index (χ0) is 27.4. The van der Waals surface area contributed by atoms with Gasteiger partial charge >= 0.3 is 0 Å². The van der Waals surface area contributed by atoms with E-state index in [-0.39, 0.29) is 11.4 Å². The van der Waals surface area contributed by atoms with Crippen molar-refractivity contribution in [1.82, 2.24) is 4.90 Å². The van der Waals surface area contributed by atoms with Gasteiger partial charge in [0.25, 0.3) is 11.1 Å². The van der Waals surface area contributed by atoms with Gasteiger partial charge in [0.1, 0.15) is 13.2 Å². The van der Waals surface area contributed by atoms with Crippen LogP contribution in [0.25, 0.3) is 6.08 Å². The number of benzene rings is 3. The van der Waals surface area contributed by atoms with Crippen LogP contribution in [0.15, 0.2) is 59.5 Å². The SMILES string of the molecule is COc1cc(/C=C2/SC(=O)N(CC(=O)Nc3ccc(C)c(C)c3)C2=O)cc(Cl)c1OCc1ccc(I)cc1. The van der Waals surface area contributed by atoms with Crippen LogP contribution in [-0.2, 0) is 16.2 Å². The lowest BCUT2D eigenvalue weighted by molar-refractivity contribution is -0.127. The molecule has 0 saturated carbocycles. The second-order valence-corrected chi connectivity index (χ2v) is 11.2. The van der Waals surface area contributed by atoms with E-state index in [2.05, 4.69) is 27.9 Å². The highest BCUT2D eigenvalue weighted by Gasteiger charge is 2.36. The van der Waals surface area contributed by atoms with Gasteiger partial charge in [0.2, 0.25) is 5.91 Å². The molecule has 0 atom stereocenters. The molecule has 0 spiro atoms. The summed E-state index contributed by atoms with van der Waals surface area (Å²) < 4.78 is 12.5. The van der Waals surface area contributed by atoms with Crippen molar-refractivity contribution in [1.29, 1.82) is 0 Å². The Kier molecular flexibility index (Phi) is 9.01. The number of aryl methyl sites for hydroxylation is 2. The minimum Gasteiger partial charge on any atom is -0.493 e. The van der Waals surface area contributed by atoms with Gasteiger partial charge in [0.15, 0.2) is 11.5 Å². The molecule has 7 nitrogen and oxygen atoms in total. The molecule has 1 aliphatic rings. The predicted octanol–water partition coefficient (Wildman–Crippen LogP) is 6.82. The van der Waals surface area contributed by atoms with Crippen LogP contribution in [0, 0.1) is 17.4 Å². The highest BCUT2D eigenvalue weighted by atomic mass is 127. The first-order chi connectivity index (χ1) is 18.1.